The van der Waals surface area contributed by atoms with Crippen LogP contribution in [0.15, 0.2) is 0 Å². The lowest BCUT2D eigenvalue weighted by atomic mass is 10.3. The third-order valence-corrected chi connectivity index (χ3v) is 2.54. The molecular weight excluding hydrogens is 264 g/mol. The van der Waals surface area contributed by atoms with Gasteiger partial charge in [0.25, 0.3) is 0 Å². The smallest absolute Gasteiger partial charge is 0.299 e. The predicted molar refractivity (Wildman–Crippen MR) is 59.4 cm³/mol. The minimum atomic E-state index is -0.465. The van der Waals surface area contributed by atoms with E-state index in [1.165, 1.54) is 10.8 Å². The fourth-order valence-electron chi connectivity index (χ4n) is 0.993. The van der Waals surface area contributed by atoms with E-state index in [0.29, 0.717) is 6.54 Å². The van der Waals surface area contributed by atoms with E-state index in [2.05, 4.69) is 16.1 Å². The van der Waals surface area contributed by atoms with Crippen LogP contribution >= 0.6 is 16.1 Å². The molecule has 0 unspecified atom stereocenters. The highest BCUT2D eigenvalue weighted by Crippen LogP contribution is 2.06. The van der Waals surface area contributed by atoms with Gasteiger partial charge in [-0.2, -0.15) is 0 Å². The third kappa shape index (κ3) is 4.42. The van der Waals surface area contributed by atoms with Crippen molar-refractivity contribution in [1.29, 1.82) is 0 Å². The normalized spacial score (nSPS) is 9.60. The van der Waals surface area contributed by atoms with Crippen molar-refractivity contribution in [3.63, 3.8) is 0 Å². The molecule has 0 aliphatic heterocycles. The van der Waals surface area contributed by atoms with E-state index in [4.69, 9.17) is 0 Å². The Morgan fingerprint density at radius 1 is 1.13 bits per heavy atom. The van der Waals surface area contributed by atoms with Gasteiger partial charge in [-0.3, -0.25) is 18.4 Å². The Balaban J connectivity index is 4.54. The number of rotatable bonds is 4. The molecule has 5 nitrogen and oxygen atoms in total. The Labute approximate surface area is 97.7 Å². The first kappa shape index (κ1) is 14.1. The summed E-state index contributed by atoms with van der Waals surface area (Å²) in [7, 11) is 0. The summed E-state index contributed by atoms with van der Waals surface area (Å²) in [4.78, 5) is 34.9. The quantitative estimate of drug-likeness (QED) is 0.579. The number of ketones is 1. The summed E-state index contributed by atoms with van der Waals surface area (Å²) < 4.78 is 1.24. The number of amides is 3. The van der Waals surface area contributed by atoms with E-state index in [0.717, 1.165) is 4.90 Å². The maximum Gasteiger partial charge on any atom is 0.336 e. The summed E-state index contributed by atoms with van der Waals surface area (Å²) in [5.41, 5.74) is 0. The molecule has 0 aliphatic rings. The number of hydrogen-bond donors (Lipinski definition) is 0. The van der Waals surface area contributed by atoms with Crippen molar-refractivity contribution in [2.24, 2.45) is 0 Å². The van der Waals surface area contributed by atoms with Crippen LogP contribution in [0.5, 0.6) is 0 Å². The summed E-state index contributed by atoms with van der Waals surface area (Å²) in [6, 6.07) is -0.439. The van der Waals surface area contributed by atoms with E-state index in [1.54, 1.807) is 13.8 Å². The first-order valence-corrected chi connectivity index (χ1v) is 5.42. The molecule has 0 saturated heterocycles. The Morgan fingerprint density at radius 2 is 1.67 bits per heavy atom. The van der Waals surface area contributed by atoms with Gasteiger partial charge in [-0.05, 0) is 20.8 Å². The second kappa shape index (κ2) is 6.55. The Morgan fingerprint density at radius 3 is 2.00 bits per heavy atom. The van der Waals surface area contributed by atoms with Gasteiger partial charge in [0.15, 0.2) is 0 Å². The van der Waals surface area contributed by atoms with Crippen LogP contribution in [-0.2, 0) is 9.59 Å². The van der Waals surface area contributed by atoms with Gasteiger partial charge in [-0.25, -0.2) is 4.79 Å². The SMILES string of the molecule is CCN(Br)C(=O)N(CC)C(=O)CC(C)=O. The molecule has 0 N–H and O–H groups in total. The van der Waals surface area contributed by atoms with Gasteiger partial charge in [0.05, 0.1) is 22.6 Å². The molecule has 0 atom stereocenters. The lowest BCUT2D eigenvalue weighted by Gasteiger charge is -2.22. The number of urea groups is 1. The molecule has 15 heavy (non-hydrogen) atoms. The minimum absolute atomic E-state index is 0.232. The molecule has 0 bridgehead atoms. The van der Waals surface area contributed by atoms with Crippen LogP contribution in [0.1, 0.15) is 27.2 Å². The van der Waals surface area contributed by atoms with Crippen molar-refractivity contribution in [3.05, 3.63) is 0 Å². The molecule has 86 valence electrons. The monoisotopic (exact) mass is 278 g/mol. The number of nitrogens with zero attached hydrogens (tertiary/aromatic N) is 2. The minimum Gasteiger partial charge on any atom is -0.299 e. The molecule has 0 aliphatic carbocycles. The number of halogens is 1. The number of imide groups is 1. The van der Waals surface area contributed by atoms with Crippen molar-refractivity contribution < 1.29 is 14.4 Å². The van der Waals surface area contributed by atoms with Crippen LogP contribution < -0.4 is 0 Å². The molecule has 0 aromatic carbocycles. The average Bonchev–Trinajstić information content (AvgIpc) is 2.16. The molecule has 0 aromatic heterocycles. The Kier molecular flexibility index (Phi) is 6.15. The molecule has 0 heterocycles. The molecule has 3 amide bonds. The van der Waals surface area contributed by atoms with Gasteiger partial charge in [-0.15, -0.1) is 0 Å². The molecule has 0 fully saturated rings. The number of hydrogen-bond acceptors (Lipinski definition) is 3. The first-order chi connectivity index (χ1) is 6.93. The van der Waals surface area contributed by atoms with E-state index in [-0.39, 0.29) is 18.7 Å². The molecule has 0 rings (SSSR count). The zero-order chi connectivity index (χ0) is 12.0. The molecule has 0 saturated carbocycles. The third-order valence-electron chi connectivity index (χ3n) is 1.73. The number of Topliss-reactive ketones (excluding diaryl/α,β-unsaturated/α-hetero) is 1. The lowest BCUT2D eigenvalue weighted by molar-refractivity contribution is -0.132. The Hall–Kier alpha value is -0.910. The summed E-state index contributed by atoms with van der Waals surface area (Å²) in [5, 5.41) is 0. The molecule has 0 spiro atoms. The molecular formula is C9H15BrN2O3. The first-order valence-electron chi connectivity index (χ1n) is 4.71. The number of carbonyl (C=O) groups excluding carboxylic acids is 3. The van der Waals surface area contributed by atoms with E-state index < -0.39 is 11.9 Å². The van der Waals surface area contributed by atoms with Gasteiger partial charge < -0.3 is 0 Å². The van der Waals surface area contributed by atoms with Gasteiger partial charge >= 0.3 is 6.03 Å². The van der Waals surface area contributed by atoms with Crippen LogP contribution in [0.25, 0.3) is 0 Å². The largest absolute Gasteiger partial charge is 0.336 e. The van der Waals surface area contributed by atoms with Crippen LogP contribution in [0.3, 0.4) is 0 Å². The lowest BCUT2D eigenvalue weighted by Crippen LogP contribution is -2.42. The van der Waals surface area contributed by atoms with Crippen molar-refractivity contribution in [3.8, 4) is 0 Å². The van der Waals surface area contributed by atoms with Gasteiger partial charge in [0.1, 0.15) is 5.78 Å². The second-order valence-electron chi connectivity index (χ2n) is 2.98. The van der Waals surface area contributed by atoms with Gasteiger partial charge in [0, 0.05) is 13.1 Å². The average molecular weight is 279 g/mol. The second-order valence-corrected chi connectivity index (χ2v) is 3.83. The summed E-state index contributed by atoms with van der Waals surface area (Å²) in [6.07, 6.45) is -0.232. The standard InChI is InChI=1S/C9H15BrN2O3/c1-4-11(8(14)6-7(3)13)9(15)12(10)5-2/h4-6H2,1-3H3. The number of carbonyl (C=O) groups is 3. The summed E-state index contributed by atoms with van der Waals surface area (Å²) in [5.74, 6) is -0.711. The highest BCUT2D eigenvalue weighted by atomic mass is 79.9. The highest BCUT2D eigenvalue weighted by Gasteiger charge is 2.23. The maximum absolute atomic E-state index is 11.6. The summed E-state index contributed by atoms with van der Waals surface area (Å²) >= 11 is 3.02. The molecule has 6 heteroatoms. The van der Waals surface area contributed by atoms with Crippen molar-refractivity contribution >= 4 is 33.9 Å². The van der Waals surface area contributed by atoms with Crippen molar-refractivity contribution in [2.45, 2.75) is 27.2 Å². The van der Waals surface area contributed by atoms with E-state index in [9.17, 15) is 14.4 Å². The highest BCUT2D eigenvalue weighted by molar-refractivity contribution is 9.07. The van der Waals surface area contributed by atoms with Gasteiger partial charge in [-0.1, -0.05) is 0 Å². The van der Waals surface area contributed by atoms with Crippen LogP contribution in [-0.4, -0.2) is 39.6 Å². The Bertz CT molecular complexity index is 268. The fraction of sp³-hybridized carbons (Fsp3) is 0.667. The van der Waals surface area contributed by atoms with Crippen LogP contribution in [0.2, 0.25) is 0 Å². The zero-order valence-corrected chi connectivity index (χ0v) is 10.7. The predicted octanol–water partition coefficient (Wildman–Crippen LogP) is 1.57. The topological polar surface area (TPSA) is 57.7 Å². The summed E-state index contributed by atoms with van der Waals surface area (Å²) in [6.45, 7) is 5.49. The van der Waals surface area contributed by atoms with Crippen molar-refractivity contribution in [2.75, 3.05) is 13.1 Å². The fourth-order valence-corrected chi connectivity index (χ4v) is 1.18. The maximum atomic E-state index is 11.6. The zero-order valence-electron chi connectivity index (χ0n) is 9.12. The van der Waals surface area contributed by atoms with Crippen LogP contribution in [0, 0.1) is 0 Å². The van der Waals surface area contributed by atoms with Gasteiger partial charge in [0.2, 0.25) is 5.91 Å². The molecule has 0 aromatic rings. The van der Waals surface area contributed by atoms with E-state index in [1.807, 2.05) is 0 Å². The van der Waals surface area contributed by atoms with Crippen molar-refractivity contribution in [1.82, 2.24) is 8.83 Å². The molecule has 0 radical (unpaired) electrons. The van der Waals surface area contributed by atoms with Crippen LogP contribution in [0.4, 0.5) is 4.79 Å². The van der Waals surface area contributed by atoms with E-state index >= 15 is 0 Å².